The van der Waals surface area contributed by atoms with Crippen molar-refractivity contribution in [2.75, 3.05) is 19.7 Å². The maximum absolute atomic E-state index is 13.6. The predicted molar refractivity (Wildman–Crippen MR) is 67.5 cm³/mol. The van der Waals surface area contributed by atoms with Crippen LogP contribution in [0.4, 0.5) is 4.39 Å². The topological polar surface area (TPSA) is 55.6 Å². The molecule has 6 heteroatoms. The van der Waals surface area contributed by atoms with Gasteiger partial charge in [-0.3, -0.25) is 4.79 Å². The van der Waals surface area contributed by atoms with Gasteiger partial charge in [-0.1, -0.05) is 0 Å². The Kier molecular flexibility index (Phi) is 3.47. The van der Waals surface area contributed by atoms with Crippen LogP contribution >= 0.6 is 0 Å². The fourth-order valence-electron chi connectivity index (χ4n) is 2.17. The van der Waals surface area contributed by atoms with E-state index in [4.69, 9.17) is 9.15 Å². The van der Waals surface area contributed by atoms with Gasteiger partial charge in [0.25, 0.3) is 5.91 Å². The van der Waals surface area contributed by atoms with E-state index in [1.807, 2.05) is 0 Å². The SMILES string of the molecule is O=C(c1ncccc1F)N1CCOC(c2ccco2)C1. The molecule has 20 heavy (non-hydrogen) atoms. The molecule has 3 heterocycles. The molecule has 1 aliphatic heterocycles. The lowest BCUT2D eigenvalue weighted by Crippen LogP contribution is -2.42. The summed E-state index contributed by atoms with van der Waals surface area (Å²) in [6.45, 7) is 1.11. The van der Waals surface area contributed by atoms with Crippen molar-refractivity contribution in [3.05, 3.63) is 54.0 Å². The van der Waals surface area contributed by atoms with E-state index in [2.05, 4.69) is 4.98 Å². The Balaban J connectivity index is 1.77. The van der Waals surface area contributed by atoms with E-state index in [9.17, 15) is 9.18 Å². The number of carbonyl (C=O) groups excluding carboxylic acids is 1. The molecule has 2 aromatic heterocycles. The first-order chi connectivity index (χ1) is 9.75. The van der Waals surface area contributed by atoms with Crippen LogP contribution in [0.2, 0.25) is 0 Å². The lowest BCUT2D eigenvalue weighted by Gasteiger charge is -2.31. The van der Waals surface area contributed by atoms with Crippen LogP contribution in [0.15, 0.2) is 41.1 Å². The highest BCUT2D eigenvalue weighted by Gasteiger charge is 2.29. The number of amides is 1. The molecule has 1 amide bonds. The largest absolute Gasteiger partial charge is 0.467 e. The smallest absolute Gasteiger partial charge is 0.275 e. The first kappa shape index (κ1) is 12.8. The Morgan fingerprint density at radius 3 is 3.05 bits per heavy atom. The van der Waals surface area contributed by atoms with Crippen LogP contribution in [-0.2, 0) is 4.74 Å². The number of morpholine rings is 1. The van der Waals surface area contributed by atoms with E-state index in [0.717, 1.165) is 0 Å². The molecule has 0 N–H and O–H groups in total. The number of carbonyl (C=O) groups is 1. The molecule has 1 aliphatic rings. The normalized spacial score (nSPS) is 19.1. The number of pyridine rings is 1. The lowest BCUT2D eigenvalue weighted by molar-refractivity contribution is -0.0324. The summed E-state index contributed by atoms with van der Waals surface area (Å²) in [5.74, 6) is -0.384. The van der Waals surface area contributed by atoms with Crippen molar-refractivity contribution < 1.29 is 18.3 Å². The molecule has 0 aliphatic carbocycles. The van der Waals surface area contributed by atoms with Crippen molar-refractivity contribution in [1.82, 2.24) is 9.88 Å². The van der Waals surface area contributed by atoms with Gasteiger partial charge in [0, 0.05) is 12.7 Å². The third-order valence-electron chi connectivity index (χ3n) is 3.18. The number of aromatic nitrogens is 1. The number of hydrogen-bond acceptors (Lipinski definition) is 4. The number of furan rings is 1. The van der Waals surface area contributed by atoms with E-state index in [-0.39, 0.29) is 11.8 Å². The average molecular weight is 276 g/mol. The summed E-state index contributed by atoms with van der Waals surface area (Å²) in [4.78, 5) is 17.6. The van der Waals surface area contributed by atoms with Crippen molar-refractivity contribution in [3.8, 4) is 0 Å². The lowest BCUT2D eigenvalue weighted by atomic mass is 10.2. The zero-order chi connectivity index (χ0) is 13.9. The average Bonchev–Trinajstić information content (AvgIpc) is 3.01. The minimum absolute atomic E-state index is 0.160. The fraction of sp³-hybridized carbons (Fsp3) is 0.286. The Morgan fingerprint density at radius 1 is 1.40 bits per heavy atom. The first-order valence-electron chi connectivity index (χ1n) is 6.30. The summed E-state index contributed by atoms with van der Waals surface area (Å²) in [5.41, 5.74) is -0.160. The Hall–Kier alpha value is -2.21. The Morgan fingerprint density at radius 2 is 2.30 bits per heavy atom. The van der Waals surface area contributed by atoms with E-state index in [1.165, 1.54) is 23.2 Å². The highest BCUT2D eigenvalue weighted by Crippen LogP contribution is 2.23. The van der Waals surface area contributed by atoms with E-state index < -0.39 is 11.7 Å². The van der Waals surface area contributed by atoms with Gasteiger partial charge in [0.2, 0.25) is 0 Å². The maximum atomic E-state index is 13.6. The standard InChI is InChI=1S/C14H13FN2O3/c15-10-3-1-5-16-13(10)14(18)17-6-8-20-12(9-17)11-4-2-7-19-11/h1-5,7,12H,6,8-9H2. The molecule has 1 unspecified atom stereocenters. The summed E-state index contributed by atoms with van der Waals surface area (Å²) in [6, 6.07) is 6.24. The van der Waals surface area contributed by atoms with Gasteiger partial charge in [0.1, 0.15) is 11.9 Å². The van der Waals surface area contributed by atoms with Crippen LogP contribution in [0, 0.1) is 5.82 Å². The van der Waals surface area contributed by atoms with Gasteiger partial charge in [-0.2, -0.15) is 0 Å². The van der Waals surface area contributed by atoms with Crippen molar-refractivity contribution in [3.63, 3.8) is 0 Å². The molecule has 104 valence electrons. The van der Waals surface area contributed by atoms with E-state index >= 15 is 0 Å². The highest BCUT2D eigenvalue weighted by molar-refractivity contribution is 5.92. The molecule has 0 saturated carbocycles. The quantitative estimate of drug-likeness (QED) is 0.842. The Labute approximate surface area is 115 Å². The van der Waals surface area contributed by atoms with Crippen LogP contribution in [0.25, 0.3) is 0 Å². The number of rotatable bonds is 2. The second-order valence-electron chi connectivity index (χ2n) is 4.46. The summed E-state index contributed by atoms with van der Waals surface area (Å²) >= 11 is 0. The van der Waals surface area contributed by atoms with Crippen LogP contribution in [0.3, 0.4) is 0 Å². The summed E-state index contributed by atoms with van der Waals surface area (Å²) in [5, 5.41) is 0. The van der Waals surface area contributed by atoms with Gasteiger partial charge in [-0.05, 0) is 24.3 Å². The minimum Gasteiger partial charge on any atom is -0.467 e. The van der Waals surface area contributed by atoms with Crippen molar-refractivity contribution in [1.29, 1.82) is 0 Å². The molecule has 3 rings (SSSR count). The molecular formula is C14H13FN2O3. The van der Waals surface area contributed by atoms with Crippen LogP contribution in [0.5, 0.6) is 0 Å². The van der Waals surface area contributed by atoms with Crippen LogP contribution in [0.1, 0.15) is 22.4 Å². The van der Waals surface area contributed by atoms with Gasteiger partial charge >= 0.3 is 0 Å². The minimum atomic E-state index is -0.612. The van der Waals surface area contributed by atoms with Crippen LogP contribution < -0.4 is 0 Å². The molecule has 0 spiro atoms. The highest BCUT2D eigenvalue weighted by atomic mass is 19.1. The third-order valence-corrected chi connectivity index (χ3v) is 3.18. The van der Waals surface area contributed by atoms with Crippen LogP contribution in [-0.4, -0.2) is 35.5 Å². The molecule has 0 radical (unpaired) electrons. The Bertz CT molecular complexity index is 600. The van der Waals surface area contributed by atoms with Crippen molar-refractivity contribution in [2.24, 2.45) is 0 Å². The van der Waals surface area contributed by atoms with Gasteiger partial charge in [0.05, 0.1) is 19.4 Å². The fourth-order valence-corrected chi connectivity index (χ4v) is 2.17. The second-order valence-corrected chi connectivity index (χ2v) is 4.46. The zero-order valence-electron chi connectivity index (χ0n) is 10.7. The second kappa shape index (κ2) is 5.42. The molecular weight excluding hydrogens is 263 g/mol. The van der Waals surface area contributed by atoms with Crippen molar-refractivity contribution >= 4 is 5.91 Å². The van der Waals surface area contributed by atoms with Gasteiger partial charge < -0.3 is 14.1 Å². The summed E-state index contributed by atoms with van der Waals surface area (Å²) in [6.07, 6.45) is 2.63. The molecule has 1 fully saturated rings. The molecule has 1 saturated heterocycles. The third kappa shape index (κ3) is 2.42. The number of hydrogen-bond donors (Lipinski definition) is 0. The van der Waals surface area contributed by atoms with E-state index in [1.54, 1.807) is 18.4 Å². The number of ether oxygens (including phenoxy) is 1. The molecule has 0 aromatic carbocycles. The monoisotopic (exact) mass is 276 g/mol. The number of halogens is 1. The summed E-state index contributed by atoms with van der Waals surface area (Å²) < 4.78 is 24.5. The molecule has 2 aromatic rings. The molecule has 1 atom stereocenters. The van der Waals surface area contributed by atoms with E-state index in [0.29, 0.717) is 25.5 Å². The van der Waals surface area contributed by atoms with Gasteiger partial charge in [0.15, 0.2) is 11.5 Å². The maximum Gasteiger partial charge on any atom is 0.275 e. The summed E-state index contributed by atoms with van der Waals surface area (Å²) in [7, 11) is 0. The first-order valence-corrected chi connectivity index (χ1v) is 6.30. The number of nitrogens with zero attached hydrogens (tertiary/aromatic N) is 2. The molecule has 0 bridgehead atoms. The molecule has 5 nitrogen and oxygen atoms in total. The van der Waals surface area contributed by atoms with Gasteiger partial charge in [-0.15, -0.1) is 0 Å². The predicted octanol–water partition coefficient (Wildman–Crippen LogP) is 2.03. The zero-order valence-corrected chi connectivity index (χ0v) is 10.7. The van der Waals surface area contributed by atoms with Gasteiger partial charge in [-0.25, -0.2) is 9.37 Å². The van der Waals surface area contributed by atoms with Crippen molar-refractivity contribution in [2.45, 2.75) is 6.10 Å².